The number of primary amides is 1. The summed E-state index contributed by atoms with van der Waals surface area (Å²) in [6, 6.07) is 12.5. The Bertz CT molecular complexity index is 969. The van der Waals surface area contributed by atoms with Crippen molar-refractivity contribution in [3.63, 3.8) is 0 Å². The highest BCUT2D eigenvalue weighted by Crippen LogP contribution is 2.36. The zero-order chi connectivity index (χ0) is 16.8. The van der Waals surface area contributed by atoms with Gasteiger partial charge < -0.3 is 15.6 Å². The average Bonchev–Trinajstić information content (AvgIpc) is 2.89. The largest absolute Gasteiger partial charge is 0.366 e. The normalized spacial score (nSPS) is 13.9. The van der Waals surface area contributed by atoms with Crippen LogP contribution in [0.3, 0.4) is 0 Å². The van der Waals surface area contributed by atoms with Crippen molar-refractivity contribution in [2.24, 2.45) is 12.8 Å². The van der Waals surface area contributed by atoms with Gasteiger partial charge >= 0.3 is 0 Å². The molecular formula is C20H21N3O. The predicted octanol–water partition coefficient (Wildman–Crippen LogP) is 2.90. The van der Waals surface area contributed by atoms with Crippen molar-refractivity contribution < 1.29 is 4.79 Å². The van der Waals surface area contributed by atoms with E-state index in [2.05, 4.69) is 41.1 Å². The van der Waals surface area contributed by atoms with Gasteiger partial charge in [0.2, 0.25) is 0 Å². The zero-order valence-corrected chi connectivity index (χ0v) is 14.0. The van der Waals surface area contributed by atoms with E-state index in [9.17, 15) is 4.79 Å². The summed E-state index contributed by atoms with van der Waals surface area (Å²) in [4.78, 5) is 11.9. The zero-order valence-electron chi connectivity index (χ0n) is 14.0. The first-order valence-electron chi connectivity index (χ1n) is 8.28. The van der Waals surface area contributed by atoms with E-state index < -0.39 is 0 Å². The van der Waals surface area contributed by atoms with Crippen LogP contribution < -0.4 is 11.1 Å². The summed E-state index contributed by atoms with van der Waals surface area (Å²) < 4.78 is 2.05. The molecule has 0 unspecified atom stereocenters. The molecule has 0 atom stereocenters. The molecular weight excluding hydrogens is 298 g/mol. The van der Waals surface area contributed by atoms with Gasteiger partial charge in [0.15, 0.2) is 0 Å². The van der Waals surface area contributed by atoms with Crippen molar-refractivity contribution >= 4 is 16.8 Å². The topological polar surface area (TPSA) is 60.0 Å². The lowest BCUT2D eigenvalue weighted by Gasteiger charge is -2.21. The Hall–Kier alpha value is -2.59. The number of nitrogens with one attached hydrogen (secondary N) is 1. The van der Waals surface area contributed by atoms with Crippen molar-refractivity contribution in [1.29, 1.82) is 0 Å². The molecule has 1 amide bonds. The molecule has 4 rings (SSSR count). The monoisotopic (exact) mass is 319 g/mol. The standard InChI is InChI=1S/C20H21N3O/c1-12-10-18-16(6-7-17(20(21)24)19(18)23(12)2)15-5-3-4-13-11-22-9-8-14(13)15/h3-7,10,22H,8-9,11H2,1-2H3,(H2,21,24). The Balaban J connectivity index is 2.05. The number of aryl methyl sites for hydroxylation is 2. The lowest BCUT2D eigenvalue weighted by molar-refractivity contribution is 0.100. The van der Waals surface area contributed by atoms with Crippen molar-refractivity contribution in [2.45, 2.75) is 19.9 Å². The molecule has 0 radical (unpaired) electrons. The maximum Gasteiger partial charge on any atom is 0.250 e. The molecule has 1 aromatic heterocycles. The second-order valence-electron chi connectivity index (χ2n) is 6.50. The van der Waals surface area contributed by atoms with E-state index in [1.807, 2.05) is 19.2 Å². The number of nitrogens with two attached hydrogens (primary N) is 1. The van der Waals surface area contributed by atoms with Gasteiger partial charge in [0, 0.05) is 24.7 Å². The first-order chi connectivity index (χ1) is 11.6. The molecule has 0 fully saturated rings. The molecule has 24 heavy (non-hydrogen) atoms. The second-order valence-corrected chi connectivity index (χ2v) is 6.50. The number of hydrogen-bond donors (Lipinski definition) is 2. The SMILES string of the molecule is Cc1cc2c(-c3cccc4c3CCNC4)ccc(C(N)=O)c2n1C. The van der Waals surface area contributed by atoms with Crippen LogP contribution in [-0.2, 0) is 20.0 Å². The van der Waals surface area contributed by atoms with E-state index in [1.165, 1.54) is 22.3 Å². The van der Waals surface area contributed by atoms with Crippen LogP contribution in [0, 0.1) is 6.92 Å². The highest BCUT2D eigenvalue weighted by molar-refractivity contribution is 6.10. The molecule has 0 saturated heterocycles. The summed E-state index contributed by atoms with van der Waals surface area (Å²) in [5, 5.41) is 4.52. The van der Waals surface area contributed by atoms with E-state index in [0.29, 0.717) is 5.56 Å². The van der Waals surface area contributed by atoms with E-state index in [-0.39, 0.29) is 5.91 Å². The lowest BCUT2D eigenvalue weighted by Crippen LogP contribution is -2.24. The molecule has 122 valence electrons. The molecule has 1 aliphatic rings. The van der Waals surface area contributed by atoms with E-state index in [4.69, 9.17) is 5.73 Å². The number of amides is 1. The first kappa shape index (κ1) is 15.0. The fourth-order valence-corrected chi connectivity index (χ4v) is 3.82. The maximum atomic E-state index is 11.9. The minimum absolute atomic E-state index is 0.382. The smallest absolute Gasteiger partial charge is 0.250 e. The number of rotatable bonds is 2. The summed E-state index contributed by atoms with van der Waals surface area (Å²) in [6.45, 7) is 3.97. The summed E-state index contributed by atoms with van der Waals surface area (Å²) in [5.74, 6) is -0.382. The minimum Gasteiger partial charge on any atom is -0.366 e. The molecule has 0 aliphatic carbocycles. The summed E-state index contributed by atoms with van der Waals surface area (Å²) in [5.41, 5.74) is 13.4. The quantitative estimate of drug-likeness (QED) is 0.763. The number of nitrogens with zero attached hydrogens (tertiary/aromatic N) is 1. The molecule has 0 spiro atoms. The van der Waals surface area contributed by atoms with Crippen LogP contribution in [0.25, 0.3) is 22.0 Å². The Kier molecular flexibility index (Phi) is 3.43. The van der Waals surface area contributed by atoms with Gasteiger partial charge in [-0.1, -0.05) is 24.3 Å². The Labute approximate surface area is 141 Å². The van der Waals surface area contributed by atoms with Crippen molar-refractivity contribution in [2.75, 3.05) is 6.54 Å². The van der Waals surface area contributed by atoms with Crippen molar-refractivity contribution in [1.82, 2.24) is 9.88 Å². The van der Waals surface area contributed by atoms with Gasteiger partial charge in [0.05, 0.1) is 11.1 Å². The van der Waals surface area contributed by atoms with Gasteiger partial charge in [-0.05, 0) is 54.3 Å². The van der Waals surface area contributed by atoms with Crippen LogP contribution in [0.1, 0.15) is 27.2 Å². The van der Waals surface area contributed by atoms with E-state index in [0.717, 1.165) is 36.1 Å². The molecule has 4 nitrogen and oxygen atoms in total. The number of hydrogen-bond acceptors (Lipinski definition) is 2. The highest BCUT2D eigenvalue weighted by atomic mass is 16.1. The Morgan fingerprint density at radius 1 is 1.21 bits per heavy atom. The van der Waals surface area contributed by atoms with Crippen LogP contribution >= 0.6 is 0 Å². The maximum absolute atomic E-state index is 11.9. The molecule has 3 aromatic rings. The van der Waals surface area contributed by atoms with Gasteiger partial charge in [-0.25, -0.2) is 0 Å². The number of aromatic nitrogens is 1. The highest BCUT2D eigenvalue weighted by Gasteiger charge is 2.19. The van der Waals surface area contributed by atoms with Crippen LogP contribution in [-0.4, -0.2) is 17.0 Å². The number of carbonyl (C=O) groups excluding carboxylic acids is 1. The molecule has 0 saturated carbocycles. The average molecular weight is 319 g/mol. The second kappa shape index (κ2) is 5.49. The van der Waals surface area contributed by atoms with Crippen LogP contribution in [0.2, 0.25) is 0 Å². The molecule has 0 bridgehead atoms. The van der Waals surface area contributed by atoms with Gasteiger partial charge in [-0.15, -0.1) is 0 Å². The van der Waals surface area contributed by atoms with E-state index >= 15 is 0 Å². The fourth-order valence-electron chi connectivity index (χ4n) is 3.82. The van der Waals surface area contributed by atoms with Crippen LogP contribution in [0.4, 0.5) is 0 Å². The predicted molar refractivity (Wildman–Crippen MR) is 97.0 cm³/mol. The van der Waals surface area contributed by atoms with Crippen LogP contribution in [0.15, 0.2) is 36.4 Å². The summed E-state index contributed by atoms with van der Waals surface area (Å²) >= 11 is 0. The fraction of sp³-hybridized carbons (Fsp3) is 0.250. The molecule has 2 heterocycles. The molecule has 4 heteroatoms. The Morgan fingerprint density at radius 2 is 2.04 bits per heavy atom. The number of carbonyl (C=O) groups is 1. The number of benzene rings is 2. The number of fused-ring (bicyclic) bond motifs is 2. The molecule has 3 N–H and O–H groups in total. The van der Waals surface area contributed by atoms with E-state index in [1.54, 1.807) is 0 Å². The molecule has 2 aromatic carbocycles. The third kappa shape index (κ3) is 2.14. The first-order valence-corrected chi connectivity index (χ1v) is 8.28. The van der Waals surface area contributed by atoms with Gasteiger partial charge in [0.1, 0.15) is 0 Å². The van der Waals surface area contributed by atoms with Gasteiger partial charge in [0.25, 0.3) is 5.91 Å². The van der Waals surface area contributed by atoms with Gasteiger partial charge in [-0.3, -0.25) is 4.79 Å². The third-order valence-corrected chi connectivity index (χ3v) is 5.13. The van der Waals surface area contributed by atoms with Gasteiger partial charge in [-0.2, -0.15) is 0 Å². The van der Waals surface area contributed by atoms with Crippen LogP contribution in [0.5, 0.6) is 0 Å². The summed E-state index contributed by atoms with van der Waals surface area (Å²) in [7, 11) is 1.98. The van der Waals surface area contributed by atoms with Crippen molar-refractivity contribution in [3.05, 3.63) is 58.8 Å². The Morgan fingerprint density at radius 3 is 2.83 bits per heavy atom. The molecule has 1 aliphatic heterocycles. The van der Waals surface area contributed by atoms with Crippen molar-refractivity contribution in [3.8, 4) is 11.1 Å². The summed E-state index contributed by atoms with van der Waals surface area (Å²) in [6.07, 6.45) is 1.02. The third-order valence-electron chi connectivity index (χ3n) is 5.13. The lowest BCUT2D eigenvalue weighted by atomic mass is 9.89. The minimum atomic E-state index is -0.382.